The Kier molecular flexibility index (Phi) is 3.47. The highest BCUT2D eigenvalue weighted by Gasteiger charge is 2.08. The number of ether oxygens (including phenoxy) is 1. The molecular formula is C12H11N3O3. The first kappa shape index (κ1) is 12.0. The van der Waals surface area contributed by atoms with E-state index < -0.39 is 5.97 Å². The quantitative estimate of drug-likeness (QED) is 0.751. The lowest BCUT2D eigenvalue weighted by Gasteiger charge is -2.04. The molecule has 6 heteroatoms. The molecule has 6 nitrogen and oxygen atoms in total. The van der Waals surface area contributed by atoms with Gasteiger partial charge in [0.05, 0.1) is 11.3 Å². The monoisotopic (exact) mass is 245 g/mol. The lowest BCUT2D eigenvalue weighted by molar-refractivity contribution is -0.120. The predicted octanol–water partition coefficient (Wildman–Crippen LogP) is 1.01. The highest BCUT2D eigenvalue weighted by molar-refractivity contribution is 5.91. The number of hydrogen-bond donors (Lipinski definition) is 0. The van der Waals surface area contributed by atoms with Crippen LogP contribution < -0.4 is 0 Å². The fourth-order valence-electron chi connectivity index (χ4n) is 1.34. The van der Waals surface area contributed by atoms with Gasteiger partial charge in [-0.15, -0.1) is 0 Å². The van der Waals surface area contributed by atoms with Crippen LogP contribution >= 0.6 is 0 Å². The molecule has 92 valence electrons. The molecule has 0 radical (unpaired) electrons. The number of rotatable bonds is 4. The van der Waals surface area contributed by atoms with Gasteiger partial charge >= 0.3 is 5.97 Å². The number of aromatic nitrogens is 3. The SMILES string of the molecule is CC(=O)COC(=O)c1ccc(-n2cncn2)cc1. The Morgan fingerprint density at radius 1 is 1.28 bits per heavy atom. The van der Waals surface area contributed by atoms with Crippen molar-refractivity contribution in [1.82, 2.24) is 14.8 Å². The predicted molar refractivity (Wildman–Crippen MR) is 62.3 cm³/mol. The Balaban J connectivity index is 2.08. The molecule has 1 heterocycles. The molecule has 18 heavy (non-hydrogen) atoms. The average molecular weight is 245 g/mol. The van der Waals surface area contributed by atoms with Gasteiger partial charge in [-0.3, -0.25) is 4.79 Å². The van der Waals surface area contributed by atoms with E-state index in [0.29, 0.717) is 5.56 Å². The van der Waals surface area contributed by atoms with Gasteiger partial charge in [-0.1, -0.05) is 0 Å². The normalized spacial score (nSPS) is 10.1. The van der Waals surface area contributed by atoms with Crippen LogP contribution in [0.25, 0.3) is 5.69 Å². The largest absolute Gasteiger partial charge is 0.454 e. The molecule has 0 unspecified atom stereocenters. The molecule has 0 spiro atoms. The van der Waals surface area contributed by atoms with Gasteiger partial charge in [0.2, 0.25) is 0 Å². The fourth-order valence-corrected chi connectivity index (χ4v) is 1.34. The van der Waals surface area contributed by atoms with E-state index in [2.05, 4.69) is 10.1 Å². The van der Waals surface area contributed by atoms with Crippen molar-refractivity contribution in [3.63, 3.8) is 0 Å². The first-order chi connectivity index (χ1) is 8.66. The fraction of sp³-hybridized carbons (Fsp3) is 0.167. The molecule has 0 aliphatic rings. The number of Topliss-reactive ketones (excluding diaryl/α,β-unsaturated/α-hetero) is 1. The smallest absolute Gasteiger partial charge is 0.338 e. The third kappa shape index (κ3) is 2.79. The number of carbonyl (C=O) groups excluding carboxylic acids is 2. The summed E-state index contributed by atoms with van der Waals surface area (Å²) in [4.78, 5) is 26.1. The van der Waals surface area contributed by atoms with Gasteiger partial charge in [0.1, 0.15) is 19.3 Å². The van der Waals surface area contributed by atoms with Gasteiger partial charge in [0.15, 0.2) is 5.78 Å². The summed E-state index contributed by atoms with van der Waals surface area (Å²) in [7, 11) is 0. The topological polar surface area (TPSA) is 74.1 Å². The van der Waals surface area contributed by atoms with Crippen molar-refractivity contribution in [3.05, 3.63) is 42.5 Å². The van der Waals surface area contributed by atoms with Gasteiger partial charge in [0.25, 0.3) is 0 Å². The van der Waals surface area contributed by atoms with E-state index in [1.54, 1.807) is 35.3 Å². The highest BCUT2D eigenvalue weighted by Crippen LogP contribution is 2.09. The van der Waals surface area contributed by atoms with Crippen LogP contribution in [0.3, 0.4) is 0 Å². The molecule has 1 aromatic carbocycles. The van der Waals surface area contributed by atoms with Crippen molar-refractivity contribution >= 4 is 11.8 Å². The maximum absolute atomic E-state index is 11.5. The maximum atomic E-state index is 11.5. The summed E-state index contributed by atoms with van der Waals surface area (Å²) in [5.74, 6) is -0.710. The van der Waals surface area contributed by atoms with Crippen molar-refractivity contribution in [2.24, 2.45) is 0 Å². The molecule has 0 fully saturated rings. The van der Waals surface area contributed by atoms with Gasteiger partial charge in [0, 0.05) is 0 Å². The van der Waals surface area contributed by atoms with E-state index in [9.17, 15) is 9.59 Å². The Labute approximate surface area is 103 Å². The summed E-state index contributed by atoms with van der Waals surface area (Å²) >= 11 is 0. The zero-order valence-corrected chi connectivity index (χ0v) is 9.74. The minimum Gasteiger partial charge on any atom is -0.454 e. The summed E-state index contributed by atoms with van der Waals surface area (Å²) in [5, 5.41) is 3.97. The molecular weight excluding hydrogens is 234 g/mol. The second kappa shape index (κ2) is 5.22. The van der Waals surface area contributed by atoms with Gasteiger partial charge in [-0.05, 0) is 31.2 Å². The number of hydrogen-bond acceptors (Lipinski definition) is 5. The number of nitrogens with zero attached hydrogens (tertiary/aromatic N) is 3. The third-order valence-electron chi connectivity index (χ3n) is 2.19. The standard InChI is InChI=1S/C12H11N3O3/c1-9(16)6-18-12(17)10-2-4-11(5-3-10)15-8-13-7-14-15/h2-5,7-8H,6H2,1H3. The van der Waals surface area contributed by atoms with E-state index in [-0.39, 0.29) is 12.4 Å². The van der Waals surface area contributed by atoms with E-state index >= 15 is 0 Å². The first-order valence-electron chi connectivity index (χ1n) is 5.28. The molecule has 0 amide bonds. The van der Waals surface area contributed by atoms with Crippen molar-refractivity contribution in [2.75, 3.05) is 6.61 Å². The Morgan fingerprint density at radius 2 is 2.00 bits per heavy atom. The van der Waals surface area contributed by atoms with Crippen LogP contribution in [0.2, 0.25) is 0 Å². The van der Waals surface area contributed by atoms with Crippen LogP contribution in [0, 0.1) is 0 Å². The number of benzene rings is 1. The molecule has 0 atom stereocenters. The first-order valence-corrected chi connectivity index (χ1v) is 5.28. The molecule has 0 aliphatic carbocycles. The molecule has 0 aliphatic heterocycles. The summed E-state index contributed by atoms with van der Waals surface area (Å²) < 4.78 is 6.37. The second-order valence-corrected chi connectivity index (χ2v) is 3.67. The van der Waals surface area contributed by atoms with Crippen molar-refractivity contribution in [1.29, 1.82) is 0 Å². The number of ketones is 1. The minimum atomic E-state index is -0.518. The van der Waals surface area contributed by atoms with Gasteiger partial charge < -0.3 is 4.74 Å². The zero-order valence-electron chi connectivity index (χ0n) is 9.74. The van der Waals surface area contributed by atoms with E-state index in [0.717, 1.165) is 5.69 Å². The number of carbonyl (C=O) groups is 2. The minimum absolute atomic E-state index is 0.192. The summed E-state index contributed by atoms with van der Waals surface area (Å²) in [6.45, 7) is 1.16. The molecule has 0 saturated carbocycles. The molecule has 2 rings (SSSR count). The molecule has 0 N–H and O–H groups in total. The van der Waals surface area contributed by atoms with Crippen LogP contribution in [0.1, 0.15) is 17.3 Å². The van der Waals surface area contributed by atoms with E-state index in [1.807, 2.05) is 0 Å². The molecule has 0 saturated heterocycles. The molecule has 2 aromatic rings. The molecule has 1 aromatic heterocycles. The molecule has 0 bridgehead atoms. The lowest BCUT2D eigenvalue weighted by atomic mass is 10.2. The Morgan fingerprint density at radius 3 is 2.56 bits per heavy atom. The van der Waals surface area contributed by atoms with Crippen molar-refractivity contribution in [2.45, 2.75) is 6.92 Å². The Bertz CT molecular complexity index is 546. The van der Waals surface area contributed by atoms with Gasteiger partial charge in [-0.25, -0.2) is 14.5 Å². The average Bonchev–Trinajstić information content (AvgIpc) is 2.90. The number of esters is 1. The van der Waals surface area contributed by atoms with Crippen LogP contribution in [0.5, 0.6) is 0 Å². The zero-order chi connectivity index (χ0) is 13.0. The van der Waals surface area contributed by atoms with Crippen molar-refractivity contribution < 1.29 is 14.3 Å². The Hall–Kier alpha value is -2.50. The maximum Gasteiger partial charge on any atom is 0.338 e. The highest BCUT2D eigenvalue weighted by atomic mass is 16.5. The summed E-state index contributed by atoms with van der Waals surface area (Å²) in [6.07, 6.45) is 2.98. The lowest BCUT2D eigenvalue weighted by Crippen LogP contribution is -2.11. The van der Waals surface area contributed by atoms with E-state index in [1.165, 1.54) is 13.3 Å². The van der Waals surface area contributed by atoms with Crippen LogP contribution in [0.15, 0.2) is 36.9 Å². The third-order valence-corrected chi connectivity index (χ3v) is 2.19. The van der Waals surface area contributed by atoms with Gasteiger partial charge in [-0.2, -0.15) is 5.10 Å². The second-order valence-electron chi connectivity index (χ2n) is 3.67. The van der Waals surface area contributed by atoms with Crippen molar-refractivity contribution in [3.8, 4) is 5.69 Å². The van der Waals surface area contributed by atoms with Crippen LogP contribution in [0.4, 0.5) is 0 Å². The van der Waals surface area contributed by atoms with Crippen LogP contribution in [-0.4, -0.2) is 33.1 Å². The summed E-state index contributed by atoms with van der Waals surface area (Å²) in [5.41, 5.74) is 1.18. The summed E-state index contributed by atoms with van der Waals surface area (Å²) in [6, 6.07) is 6.66. The van der Waals surface area contributed by atoms with Crippen LogP contribution in [-0.2, 0) is 9.53 Å². The van der Waals surface area contributed by atoms with E-state index in [4.69, 9.17) is 4.74 Å².